The van der Waals surface area contributed by atoms with Gasteiger partial charge in [-0.2, -0.15) is 0 Å². The van der Waals surface area contributed by atoms with Crippen molar-refractivity contribution in [1.82, 2.24) is 0 Å². The van der Waals surface area contributed by atoms with E-state index in [-0.39, 0.29) is 11.1 Å². The highest BCUT2D eigenvalue weighted by atomic mass is 16.5. The van der Waals surface area contributed by atoms with Gasteiger partial charge in [0.15, 0.2) is 0 Å². The lowest BCUT2D eigenvalue weighted by atomic mass is 10.1. The number of esters is 2. The zero-order valence-electron chi connectivity index (χ0n) is 32.6. The van der Waals surface area contributed by atoms with Crippen LogP contribution in [0, 0.1) is 0 Å². The molecule has 0 aliphatic carbocycles. The Balaban J connectivity index is 0.958. The normalized spacial score (nSPS) is 10.7. The number of carbonyl (C=O) groups excluding carboxylic acids is 2. The first-order chi connectivity index (χ1) is 29.5. The van der Waals surface area contributed by atoms with Crippen molar-refractivity contribution in [3.63, 3.8) is 0 Å². The third-order valence-corrected chi connectivity index (χ3v) is 9.43. The Morgan fingerprint density at radius 1 is 0.300 bits per heavy atom. The molecule has 0 amide bonds. The minimum Gasteiger partial charge on any atom is -0.489 e. The van der Waals surface area contributed by atoms with Gasteiger partial charge in [-0.15, -0.1) is 0 Å². The minimum absolute atomic E-state index is 0.272. The molecule has 0 bridgehead atoms. The molecular formula is C52H40O8. The number of ether oxygens (including phenoxy) is 6. The Morgan fingerprint density at radius 2 is 0.583 bits per heavy atom. The van der Waals surface area contributed by atoms with Crippen LogP contribution in [0.15, 0.2) is 194 Å². The Labute approximate surface area is 348 Å². The minimum atomic E-state index is -0.572. The van der Waals surface area contributed by atoms with Crippen molar-refractivity contribution >= 4 is 22.7 Å². The van der Waals surface area contributed by atoms with Gasteiger partial charge in [0.1, 0.15) is 60.9 Å². The molecule has 0 unspecified atom stereocenters. The highest BCUT2D eigenvalue weighted by Crippen LogP contribution is 2.30. The van der Waals surface area contributed by atoms with Gasteiger partial charge < -0.3 is 28.4 Å². The fourth-order valence-electron chi connectivity index (χ4n) is 6.34. The molecule has 0 atom stereocenters. The Bertz CT molecular complexity index is 2370. The van der Waals surface area contributed by atoms with E-state index in [2.05, 4.69) is 0 Å². The van der Waals surface area contributed by atoms with Crippen LogP contribution < -0.4 is 28.4 Å². The summed E-state index contributed by atoms with van der Waals surface area (Å²) in [5.41, 5.74) is 4.50. The van der Waals surface area contributed by atoms with Gasteiger partial charge >= 0.3 is 11.9 Å². The van der Waals surface area contributed by atoms with Crippen molar-refractivity contribution in [3.05, 3.63) is 228 Å². The van der Waals surface area contributed by atoms with Crippen molar-refractivity contribution in [1.29, 1.82) is 0 Å². The second kappa shape index (κ2) is 19.1. The summed E-state index contributed by atoms with van der Waals surface area (Å²) in [5, 5.41) is 1.56. The van der Waals surface area contributed by atoms with Gasteiger partial charge in [0.25, 0.3) is 0 Å². The predicted molar refractivity (Wildman–Crippen MR) is 230 cm³/mol. The van der Waals surface area contributed by atoms with Crippen LogP contribution >= 0.6 is 0 Å². The van der Waals surface area contributed by atoms with Gasteiger partial charge in [-0.05, 0) is 81.6 Å². The van der Waals surface area contributed by atoms with Crippen molar-refractivity contribution in [3.8, 4) is 34.5 Å². The molecule has 0 saturated carbocycles. The summed E-state index contributed by atoms with van der Waals surface area (Å²) in [5.74, 6) is 1.43. The summed E-state index contributed by atoms with van der Waals surface area (Å²) in [6, 6.07) is 59.7. The van der Waals surface area contributed by atoms with E-state index >= 15 is 0 Å². The quantitative estimate of drug-likeness (QED) is 0.0706. The van der Waals surface area contributed by atoms with Crippen LogP contribution in [0.25, 0.3) is 10.8 Å². The van der Waals surface area contributed by atoms with E-state index in [4.69, 9.17) is 28.4 Å². The first kappa shape index (κ1) is 39.0. The zero-order valence-corrected chi connectivity index (χ0v) is 32.6. The molecule has 8 nitrogen and oxygen atoms in total. The van der Waals surface area contributed by atoms with Crippen LogP contribution in [-0.2, 0) is 26.4 Å². The molecule has 8 aromatic carbocycles. The standard InChI is InChI=1S/C52H40O8/c53-51(43-27-47(55-33-37-13-5-1-6-14-37)31-48(28-43)56-34-38-15-7-2-8-16-38)59-45-23-21-42-26-46(24-22-41(42)25-45)60-52(54)44-29-49(57-35-39-17-9-3-10-18-39)32-50(30-44)58-36-40-19-11-4-12-20-40/h1-32H,33-36H2. The van der Waals surface area contributed by atoms with Crippen molar-refractivity contribution < 1.29 is 38.0 Å². The van der Waals surface area contributed by atoms with Gasteiger partial charge in [-0.3, -0.25) is 0 Å². The van der Waals surface area contributed by atoms with Gasteiger partial charge in [0, 0.05) is 12.1 Å². The fraction of sp³-hybridized carbons (Fsp3) is 0.0769. The molecular weight excluding hydrogens is 753 g/mol. The Hall–Kier alpha value is -7.84. The van der Waals surface area contributed by atoms with Crippen LogP contribution in [-0.4, -0.2) is 11.9 Å². The Kier molecular flexibility index (Phi) is 12.4. The number of benzene rings is 8. The number of fused-ring (bicyclic) bond motifs is 1. The largest absolute Gasteiger partial charge is 0.489 e. The molecule has 296 valence electrons. The van der Waals surface area contributed by atoms with E-state index in [0.29, 0.717) is 60.9 Å². The van der Waals surface area contributed by atoms with E-state index in [1.54, 1.807) is 72.8 Å². The average Bonchev–Trinajstić information content (AvgIpc) is 3.30. The van der Waals surface area contributed by atoms with Crippen LogP contribution in [0.1, 0.15) is 43.0 Å². The van der Waals surface area contributed by atoms with Gasteiger partial charge in [0.2, 0.25) is 0 Å². The SMILES string of the molecule is O=C(Oc1ccc2cc(OC(=O)c3cc(OCc4ccccc4)cc(OCc4ccccc4)c3)ccc2c1)c1cc(OCc2ccccc2)cc(OCc2ccccc2)c1. The maximum absolute atomic E-state index is 13.6. The highest BCUT2D eigenvalue weighted by molar-refractivity contribution is 5.94. The second-order valence-electron chi connectivity index (χ2n) is 13.9. The van der Waals surface area contributed by atoms with E-state index in [0.717, 1.165) is 33.0 Å². The summed E-state index contributed by atoms with van der Waals surface area (Å²) >= 11 is 0. The predicted octanol–water partition coefficient (Wildman–Crippen LogP) is 11.6. The third-order valence-electron chi connectivity index (χ3n) is 9.43. The lowest BCUT2D eigenvalue weighted by Gasteiger charge is -2.13. The zero-order chi connectivity index (χ0) is 40.9. The van der Waals surface area contributed by atoms with E-state index in [1.807, 2.05) is 121 Å². The molecule has 0 aliphatic heterocycles. The maximum atomic E-state index is 13.6. The van der Waals surface area contributed by atoms with E-state index in [1.165, 1.54) is 0 Å². The topological polar surface area (TPSA) is 89.5 Å². The van der Waals surface area contributed by atoms with Crippen molar-refractivity contribution in [2.24, 2.45) is 0 Å². The van der Waals surface area contributed by atoms with Crippen LogP contribution in [0.4, 0.5) is 0 Å². The van der Waals surface area contributed by atoms with Crippen molar-refractivity contribution in [2.75, 3.05) is 0 Å². The molecule has 0 N–H and O–H groups in total. The van der Waals surface area contributed by atoms with Crippen LogP contribution in [0.5, 0.6) is 34.5 Å². The fourth-order valence-corrected chi connectivity index (χ4v) is 6.34. The molecule has 0 aromatic heterocycles. The number of hydrogen-bond donors (Lipinski definition) is 0. The van der Waals surface area contributed by atoms with Gasteiger partial charge in [-0.25, -0.2) is 9.59 Å². The number of carbonyl (C=O) groups is 2. The molecule has 0 spiro atoms. The first-order valence-electron chi connectivity index (χ1n) is 19.4. The third kappa shape index (κ3) is 10.8. The number of hydrogen-bond acceptors (Lipinski definition) is 8. The highest BCUT2D eigenvalue weighted by Gasteiger charge is 2.16. The molecule has 0 aliphatic rings. The summed E-state index contributed by atoms with van der Waals surface area (Å²) in [6.07, 6.45) is 0. The summed E-state index contributed by atoms with van der Waals surface area (Å²) in [4.78, 5) is 27.2. The smallest absolute Gasteiger partial charge is 0.343 e. The molecule has 8 heteroatoms. The first-order valence-corrected chi connectivity index (χ1v) is 19.4. The van der Waals surface area contributed by atoms with Gasteiger partial charge in [-0.1, -0.05) is 133 Å². The van der Waals surface area contributed by atoms with Gasteiger partial charge in [0.05, 0.1) is 11.1 Å². The molecule has 60 heavy (non-hydrogen) atoms. The van der Waals surface area contributed by atoms with E-state index < -0.39 is 11.9 Å². The lowest BCUT2D eigenvalue weighted by Crippen LogP contribution is -2.10. The van der Waals surface area contributed by atoms with Crippen LogP contribution in [0.2, 0.25) is 0 Å². The lowest BCUT2D eigenvalue weighted by molar-refractivity contribution is 0.0724. The summed E-state index contributed by atoms with van der Waals surface area (Å²) in [6.45, 7) is 1.27. The molecule has 0 saturated heterocycles. The molecule has 8 rings (SSSR count). The number of rotatable bonds is 16. The second-order valence-corrected chi connectivity index (χ2v) is 13.9. The maximum Gasteiger partial charge on any atom is 0.343 e. The molecule has 0 radical (unpaired) electrons. The monoisotopic (exact) mass is 792 g/mol. The Morgan fingerprint density at radius 3 is 0.867 bits per heavy atom. The average molecular weight is 793 g/mol. The van der Waals surface area contributed by atoms with Crippen LogP contribution in [0.3, 0.4) is 0 Å². The summed E-state index contributed by atoms with van der Waals surface area (Å²) < 4.78 is 36.0. The molecule has 0 heterocycles. The van der Waals surface area contributed by atoms with E-state index in [9.17, 15) is 9.59 Å². The van der Waals surface area contributed by atoms with Crippen molar-refractivity contribution in [2.45, 2.75) is 26.4 Å². The molecule has 0 fully saturated rings. The molecule has 8 aromatic rings. The summed E-state index contributed by atoms with van der Waals surface area (Å²) in [7, 11) is 0.